The van der Waals surface area contributed by atoms with Gasteiger partial charge in [0, 0.05) is 25.8 Å². The number of anilines is 2. The zero-order valence-electron chi connectivity index (χ0n) is 7.58. The summed E-state index contributed by atoms with van der Waals surface area (Å²) in [7, 11) is 0. The lowest BCUT2D eigenvalue weighted by molar-refractivity contribution is -0.117. The van der Waals surface area contributed by atoms with Crippen LogP contribution < -0.4 is 15.5 Å². The van der Waals surface area contributed by atoms with Crippen molar-refractivity contribution in [3.05, 3.63) is 6.20 Å². The minimum absolute atomic E-state index is 0.0473. The average molecular weight is 193 g/mol. The number of nitrogens with zero attached hydrogens (tertiary/aromatic N) is 2. The van der Waals surface area contributed by atoms with Crippen LogP contribution in [0.2, 0.25) is 0 Å². The lowest BCUT2D eigenvalue weighted by Gasteiger charge is -2.38. The fourth-order valence-electron chi connectivity index (χ4n) is 2.00. The quantitative estimate of drug-likeness (QED) is 0.501. The molecule has 6 nitrogen and oxygen atoms in total. The van der Waals surface area contributed by atoms with Gasteiger partial charge in [0.15, 0.2) is 5.82 Å². The Hall–Kier alpha value is -1.56. The normalized spacial score (nSPS) is 25.3. The van der Waals surface area contributed by atoms with Crippen molar-refractivity contribution in [2.45, 2.75) is 6.04 Å². The van der Waals surface area contributed by atoms with E-state index in [1.165, 1.54) is 0 Å². The van der Waals surface area contributed by atoms with Crippen LogP contribution in [0, 0.1) is 0 Å². The molecule has 6 heteroatoms. The molecule has 1 saturated heterocycles. The van der Waals surface area contributed by atoms with Gasteiger partial charge in [-0.3, -0.25) is 9.89 Å². The van der Waals surface area contributed by atoms with Crippen LogP contribution in [0.1, 0.15) is 0 Å². The second-order valence-electron chi connectivity index (χ2n) is 3.53. The van der Waals surface area contributed by atoms with Crippen LogP contribution >= 0.6 is 0 Å². The van der Waals surface area contributed by atoms with Gasteiger partial charge >= 0.3 is 0 Å². The Morgan fingerprint density at radius 1 is 1.57 bits per heavy atom. The third-order valence-corrected chi connectivity index (χ3v) is 2.70. The molecule has 0 saturated carbocycles. The number of aromatic amines is 1. The molecule has 3 rings (SSSR count). The molecule has 3 N–H and O–H groups in total. The Bertz CT molecular complexity index is 374. The highest BCUT2D eigenvalue weighted by Gasteiger charge is 2.35. The van der Waals surface area contributed by atoms with Crippen LogP contribution in [-0.4, -0.2) is 41.8 Å². The molecule has 0 spiro atoms. The Morgan fingerprint density at radius 2 is 2.50 bits per heavy atom. The standard InChI is InChI=1S/C8H11N5O/c14-8-6-4-9-1-2-13(6)7-5(11-8)3-10-12-7/h3,6,9H,1-2,4H2,(H,10,12)(H,11,14). The first kappa shape index (κ1) is 7.81. The maximum absolute atomic E-state index is 11.7. The minimum atomic E-state index is -0.112. The van der Waals surface area contributed by atoms with Crippen molar-refractivity contribution in [2.24, 2.45) is 0 Å². The number of H-pyrrole nitrogens is 1. The summed E-state index contributed by atoms with van der Waals surface area (Å²) in [6, 6.07) is -0.112. The second-order valence-corrected chi connectivity index (χ2v) is 3.53. The summed E-state index contributed by atoms with van der Waals surface area (Å²) in [6.07, 6.45) is 1.71. The third kappa shape index (κ3) is 0.941. The predicted molar refractivity (Wildman–Crippen MR) is 51.2 cm³/mol. The molecule has 1 aromatic rings. The zero-order chi connectivity index (χ0) is 9.54. The summed E-state index contributed by atoms with van der Waals surface area (Å²) >= 11 is 0. The van der Waals surface area contributed by atoms with E-state index in [2.05, 4.69) is 20.8 Å². The number of amides is 1. The topological polar surface area (TPSA) is 73.0 Å². The molecular formula is C8H11N5O. The van der Waals surface area contributed by atoms with Crippen LogP contribution in [-0.2, 0) is 4.79 Å². The molecule has 0 radical (unpaired) electrons. The predicted octanol–water partition coefficient (Wildman–Crippen LogP) is -0.860. The Labute approximate surface area is 80.7 Å². The molecular weight excluding hydrogens is 182 g/mol. The van der Waals surface area contributed by atoms with E-state index in [0.29, 0.717) is 6.54 Å². The summed E-state index contributed by atoms with van der Waals surface area (Å²) in [6.45, 7) is 2.42. The van der Waals surface area contributed by atoms with E-state index in [9.17, 15) is 4.79 Å². The number of carbonyl (C=O) groups excluding carboxylic acids is 1. The first-order chi connectivity index (χ1) is 6.86. The fourth-order valence-corrected chi connectivity index (χ4v) is 2.00. The molecule has 1 unspecified atom stereocenters. The molecule has 74 valence electrons. The Kier molecular flexibility index (Phi) is 1.51. The first-order valence-electron chi connectivity index (χ1n) is 4.68. The molecule has 1 amide bonds. The van der Waals surface area contributed by atoms with E-state index < -0.39 is 0 Å². The SMILES string of the molecule is O=C1Nc2c[nH]nc2N2CCNCC12. The van der Waals surface area contributed by atoms with Crippen LogP contribution in [0.5, 0.6) is 0 Å². The van der Waals surface area contributed by atoms with Crippen molar-refractivity contribution < 1.29 is 4.79 Å². The second kappa shape index (κ2) is 2.71. The van der Waals surface area contributed by atoms with Gasteiger partial charge in [-0.2, -0.15) is 5.10 Å². The van der Waals surface area contributed by atoms with Gasteiger partial charge in [-0.25, -0.2) is 0 Å². The maximum atomic E-state index is 11.7. The zero-order valence-corrected chi connectivity index (χ0v) is 7.58. The van der Waals surface area contributed by atoms with E-state index in [1.54, 1.807) is 6.20 Å². The van der Waals surface area contributed by atoms with Gasteiger partial charge in [0.1, 0.15) is 11.7 Å². The van der Waals surface area contributed by atoms with E-state index in [4.69, 9.17) is 0 Å². The van der Waals surface area contributed by atoms with Crippen LogP contribution in [0.25, 0.3) is 0 Å². The van der Waals surface area contributed by atoms with Gasteiger partial charge in [-0.1, -0.05) is 0 Å². The Morgan fingerprint density at radius 3 is 3.43 bits per heavy atom. The van der Waals surface area contributed by atoms with Gasteiger partial charge in [0.2, 0.25) is 5.91 Å². The van der Waals surface area contributed by atoms with Gasteiger partial charge < -0.3 is 15.5 Å². The van der Waals surface area contributed by atoms with Crippen molar-refractivity contribution in [2.75, 3.05) is 29.9 Å². The molecule has 3 heterocycles. The van der Waals surface area contributed by atoms with Crippen LogP contribution in [0.15, 0.2) is 6.20 Å². The van der Waals surface area contributed by atoms with E-state index in [-0.39, 0.29) is 11.9 Å². The molecule has 1 fully saturated rings. The largest absolute Gasteiger partial charge is 0.339 e. The number of hydrogen-bond donors (Lipinski definition) is 3. The van der Waals surface area contributed by atoms with Gasteiger partial charge in [0.25, 0.3) is 0 Å². The minimum Gasteiger partial charge on any atom is -0.339 e. The number of aromatic nitrogens is 2. The molecule has 1 aromatic heterocycles. The number of carbonyl (C=O) groups is 1. The van der Waals surface area contributed by atoms with E-state index in [0.717, 1.165) is 24.6 Å². The maximum Gasteiger partial charge on any atom is 0.248 e. The third-order valence-electron chi connectivity index (χ3n) is 2.70. The number of fused-ring (bicyclic) bond motifs is 3. The van der Waals surface area contributed by atoms with Crippen molar-refractivity contribution in [1.29, 1.82) is 0 Å². The Balaban J connectivity index is 2.04. The van der Waals surface area contributed by atoms with E-state index in [1.807, 2.05) is 4.90 Å². The molecule has 1 atom stereocenters. The summed E-state index contributed by atoms with van der Waals surface area (Å²) in [5, 5.41) is 12.9. The van der Waals surface area contributed by atoms with Gasteiger partial charge in [-0.15, -0.1) is 0 Å². The molecule has 2 aliphatic heterocycles. The monoisotopic (exact) mass is 193 g/mol. The fraction of sp³-hybridized carbons (Fsp3) is 0.500. The first-order valence-corrected chi connectivity index (χ1v) is 4.68. The number of rotatable bonds is 0. The van der Waals surface area contributed by atoms with Crippen molar-refractivity contribution in [3.8, 4) is 0 Å². The molecule has 0 aromatic carbocycles. The number of nitrogens with one attached hydrogen (secondary N) is 3. The van der Waals surface area contributed by atoms with Crippen LogP contribution in [0.4, 0.5) is 11.5 Å². The molecule has 0 bridgehead atoms. The highest BCUT2D eigenvalue weighted by atomic mass is 16.2. The molecule has 2 aliphatic rings. The average Bonchev–Trinajstić information content (AvgIpc) is 2.66. The van der Waals surface area contributed by atoms with E-state index >= 15 is 0 Å². The lowest BCUT2D eigenvalue weighted by atomic mass is 10.1. The summed E-state index contributed by atoms with van der Waals surface area (Å²) in [4.78, 5) is 13.7. The summed E-state index contributed by atoms with van der Waals surface area (Å²) in [5.41, 5.74) is 0.785. The summed E-state index contributed by atoms with van der Waals surface area (Å²) in [5.74, 6) is 0.905. The van der Waals surface area contributed by atoms with Gasteiger partial charge in [-0.05, 0) is 0 Å². The highest BCUT2D eigenvalue weighted by molar-refractivity contribution is 6.02. The smallest absolute Gasteiger partial charge is 0.248 e. The molecule has 14 heavy (non-hydrogen) atoms. The summed E-state index contributed by atoms with van der Waals surface area (Å²) < 4.78 is 0. The van der Waals surface area contributed by atoms with Gasteiger partial charge in [0.05, 0.1) is 0 Å². The van der Waals surface area contributed by atoms with Crippen LogP contribution in [0.3, 0.4) is 0 Å². The lowest BCUT2D eigenvalue weighted by Crippen LogP contribution is -2.58. The number of piperazine rings is 1. The van der Waals surface area contributed by atoms with Crippen molar-refractivity contribution >= 4 is 17.4 Å². The van der Waals surface area contributed by atoms with Crippen molar-refractivity contribution in [3.63, 3.8) is 0 Å². The number of hydrogen-bond acceptors (Lipinski definition) is 4. The molecule has 0 aliphatic carbocycles. The highest BCUT2D eigenvalue weighted by Crippen LogP contribution is 2.29. The van der Waals surface area contributed by atoms with Crippen molar-refractivity contribution in [1.82, 2.24) is 15.5 Å².